The van der Waals surface area contributed by atoms with Gasteiger partial charge in [-0.2, -0.15) is 5.10 Å². The van der Waals surface area contributed by atoms with Gasteiger partial charge >= 0.3 is 0 Å². The van der Waals surface area contributed by atoms with Crippen LogP contribution in [0.3, 0.4) is 0 Å². The summed E-state index contributed by atoms with van der Waals surface area (Å²) in [5.41, 5.74) is 1.28. The monoisotopic (exact) mass is 339 g/mol. The van der Waals surface area contributed by atoms with Crippen LogP contribution in [0.5, 0.6) is 0 Å². The van der Waals surface area contributed by atoms with Gasteiger partial charge in [-0.05, 0) is 59.4 Å². The molecule has 4 unspecified atom stereocenters. The molecule has 4 rings (SSSR count). The molecule has 1 aromatic heterocycles. The molecule has 0 aromatic carbocycles. The average molecular weight is 340 g/mol. The van der Waals surface area contributed by atoms with Crippen molar-refractivity contribution in [1.82, 2.24) is 9.78 Å². The molecule has 2 N–H and O–H groups in total. The number of rotatable bonds is 3. The van der Waals surface area contributed by atoms with E-state index in [9.17, 15) is 0 Å². The van der Waals surface area contributed by atoms with Gasteiger partial charge in [-0.1, -0.05) is 6.42 Å². The molecule has 0 amide bonds. The highest BCUT2D eigenvalue weighted by atomic mass is 79.9. The van der Waals surface area contributed by atoms with Gasteiger partial charge < -0.3 is 10.4 Å². The van der Waals surface area contributed by atoms with Crippen LogP contribution >= 0.6 is 15.9 Å². The number of aromatic nitrogens is 2. The van der Waals surface area contributed by atoms with E-state index in [1.54, 1.807) is 0 Å². The predicted molar refractivity (Wildman–Crippen MR) is 81.8 cm³/mol. The Labute approximate surface area is 128 Å². The number of nitrogens with zero attached hydrogens (tertiary/aromatic N) is 2. The number of aliphatic hydroxyl groups excluding tert-OH is 1. The van der Waals surface area contributed by atoms with Crippen molar-refractivity contribution in [2.75, 3.05) is 18.5 Å². The van der Waals surface area contributed by atoms with Crippen LogP contribution in [0.25, 0.3) is 0 Å². The molecule has 2 aliphatic carbocycles. The number of aliphatic hydroxyl groups is 1. The van der Waals surface area contributed by atoms with E-state index in [1.165, 1.54) is 35.8 Å². The molecule has 20 heavy (non-hydrogen) atoms. The van der Waals surface area contributed by atoms with Crippen LogP contribution in [0.15, 0.2) is 4.47 Å². The molecule has 110 valence electrons. The van der Waals surface area contributed by atoms with Crippen LogP contribution in [0.1, 0.15) is 43.7 Å². The average Bonchev–Trinajstić information content (AvgIpc) is 3.13. The van der Waals surface area contributed by atoms with Gasteiger partial charge in [-0.3, -0.25) is 0 Å². The van der Waals surface area contributed by atoms with E-state index in [4.69, 9.17) is 10.2 Å². The van der Waals surface area contributed by atoms with Gasteiger partial charge in [-0.25, -0.2) is 4.68 Å². The van der Waals surface area contributed by atoms with Crippen LogP contribution in [-0.2, 0) is 6.54 Å². The van der Waals surface area contributed by atoms with Gasteiger partial charge in [0.1, 0.15) is 5.82 Å². The molecular formula is C15H22BrN3O. The van der Waals surface area contributed by atoms with Crippen molar-refractivity contribution in [2.45, 2.75) is 44.6 Å². The maximum atomic E-state index is 9.10. The Morgan fingerprint density at radius 3 is 2.95 bits per heavy atom. The van der Waals surface area contributed by atoms with Crippen molar-refractivity contribution < 1.29 is 5.11 Å². The summed E-state index contributed by atoms with van der Waals surface area (Å²) >= 11 is 3.78. The zero-order chi connectivity index (χ0) is 13.7. The van der Waals surface area contributed by atoms with Gasteiger partial charge in [0.2, 0.25) is 0 Å². The third kappa shape index (κ3) is 2.01. The van der Waals surface area contributed by atoms with Crippen molar-refractivity contribution in [2.24, 2.45) is 17.8 Å². The number of anilines is 1. The van der Waals surface area contributed by atoms with E-state index in [2.05, 4.69) is 25.9 Å². The minimum atomic E-state index is 0.267. The lowest BCUT2D eigenvalue weighted by molar-refractivity contribution is 0.244. The fourth-order valence-corrected chi connectivity index (χ4v) is 5.22. The van der Waals surface area contributed by atoms with Crippen LogP contribution in [0, 0.1) is 17.8 Å². The highest BCUT2D eigenvalue weighted by Gasteiger charge is 2.43. The summed E-state index contributed by atoms with van der Waals surface area (Å²) in [6, 6.07) is 0. The third-order valence-corrected chi connectivity index (χ3v) is 6.32. The molecule has 0 radical (unpaired) electrons. The minimum absolute atomic E-state index is 0.267. The van der Waals surface area contributed by atoms with E-state index >= 15 is 0 Å². The van der Waals surface area contributed by atoms with E-state index in [0.717, 1.165) is 37.2 Å². The van der Waals surface area contributed by atoms with Gasteiger partial charge in [-0.15, -0.1) is 0 Å². The molecule has 4 nitrogen and oxygen atoms in total. The predicted octanol–water partition coefficient (Wildman–Crippen LogP) is 2.97. The van der Waals surface area contributed by atoms with Crippen LogP contribution in [0.2, 0.25) is 0 Å². The number of hydrogen-bond acceptors (Lipinski definition) is 3. The standard InChI is InChI=1S/C15H22BrN3O/c16-13-14(12-6-9-1-2-11(12)5-9)18-19-8-10(3-4-20)7-17-15(13)19/h9-12,17,20H,1-8H2. The van der Waals surface area contributed by atoms with E-state index in [0.29, 0.717) is 11.8 Å². The summed E-state index contributed by atoms with van der Waals surface area (Å²) in [6.07, 6.45) is 6.43. The molecule has 2 heterocycles. The number of hydrogen-bond donors (Lipinski definition) is 2. The lowest BCUT2D eigenvalue weighted by atomic mass is 9.86. The normalized spacial score (nSPS) is 35.1. The molecule has 2 bridgehead atoms. The van der Waals surface area contributed by atoms with E-state index < -0.39 is 0 Å². The first-order valence-electron chi connectivity index (χ1n) is 7.87. The minimum Gasteiger partial charge on any atom is -0.396 e. The second-order valence-corrected chi connectivity index (χ2v) is 7.56. The van der Waals surface area contributed by atoms with Crippen molar-refractivity contribution >= 4 is 21.7 Å². The van der Waals surface area contributed by atoms with Crippen molar-refractivity contribution in [3.05, 3.63) is 10.2 Å². The first-order chi connectivity index (χ1) is 9.76. The van der Waals surface area contributed by atoms with Crippen molar-refractivity contribution in [3.63, 3.8) is 0 Å². The number of fused-ring (bicyclic) bond motifs is 3. The van der Waals surface area contributed by atoms with E-state index in [-0.39, 0.29) is 6.61 Å². The Morgan fingerprint density at radius 1 is 1.35 bits per heavy atom. The summed E-state index contributed by atoms with van der Waals surface area (Å²) in [4.78, 5) is 0. The van der Waals surface area contributed by atoms with Gasteiger partial charge in [0.05, 0.1) is 10.2 Å². The maximum absolute atomic E-state index is 9.10. The SMILES string of the molecule is OCCC1CNc2c(Br)c(C3CC4CCC3C4)nn2C1. The van der Waals surface area contributed by atoms with Crippen molar-refractivity contribution in [1.29, 1.82) is 0 Å². The smallest absolute Gasteiger partial charge is 0.139 e. The molecular weight excluding hydrogens is 318 g/mol. The zero-order valence-corrected chi connectivity index (χ0v) is 13.3. The fourth-order valence-electron chi connectivity index (χ4n) is 4.50. The molecule has 4 atom stereocenters. The van der Waals surface area contributed by atoms with E-state index in [1.807, 2.05) is 0 Å². The Morgan fingerprint density at radius 2 is 2.25 bits per heavy atom. The lowest BCUT2D eigenvalue weighted by Crippen LogP contribution is -2.28. The zero-order valence-electron chi connectivity index (χ0n) is 11.7. The molecule has 5 heteroatoms. The Balaban J connectivity index is 1.60. The van der Waals surface area contributed by atoms with Gasteiger partial charge in [0, 0.05) is 25.6 Å². The first kappa shape index (κ1) is 13.1. The molecule has 1 aliphatic heterocycles. The molecule has 1 aromatic rings. The largest absolute Gasteiger partial charge is 0.396 e. The maximum Gasteiger partial charge on any atom is 0.139 e. The Bertz CT molecular complexity index is 515. The number of nitrogens with one attached hydrogen (secondary N) is 1. The second kappa shape index (κ2) is 5.02. The summed E-state index contributed by atoms with van der Waals surface area (Å²) < 4.78 is 3.31. The topological polar surface area (TPSA) is 50.1 Å². The van der Waals surface area contributed by atoms with Crippen molar-refractivity contribution in [3.8, 4) is 0 Å². The molecule has 0 spiro atoms. The van der Waals surface area contributed by atoms with Crippen LogP contribution in [0.4, 0.5) is 5.82 Å². The first-order valence-corrected chi connectivity index (χ1v) is 8.66. The molecule has 2 fully saturated rings. The highest BCUT2D eigenvalue weighted by Crippen LogP contribution is 2.54. The molecule has 3 aliphatic rings. The van der Waals surface area contributed by atoms with Crippen LogP contribution < -0.4 is 5.32 Å². The summed E-state index contributed by atoms with van der Waals surface area (Å²) in [5, 5.41) is 17.5. The van der Waals surface area contributed by atoms with Gasteiger partial charge in [0.15, 0.2) is 0 Å². The third-order valence-electron chi connectivity index (χ3n) is 5.54. The molecule has 0 saturated heterocycles. The lowest BCUT2D eigenvalue weighted by Gasteiger charge is -2.24. The summed E-state index contributed by atoms with van der Waals surface area (Å²) in [5.74, 6) is 4.12. The summed E-state index contributed by atoms with van der Waals surface area (Å²) in [6.45, 7) is 2.15. The van der Waals surface area contributed by atoms with Crippen LogP contribution in [-0.4, -0.2) is 28.0 Å². The Kier molecular flexibility index (Phi) is 3.30. The Hall–Kier alpha value is -0.550. The number of halogens is 1. The molecule has 2 saturated carbocycles. The van der Waals surface area contributed by atoms with Gasteiger partial charge in [0.25, 0.3) is 0 Å². The quantitative estimate of drug-likeness (QED) is 0.889. The fraction of sp³-hybridized carbons (Fsp3) is 0.800. The summed E-state index contributed by atoms with van der Waals surface area (Å²) in [7, 11) is 0. The highest BCUT2D eigenvalue weighted by molar-refractivity contribution is 9.10. The second-order valence-electron chi connectivity index (χ2n) is 6.77.